The molecule has 1 aromatic rings. The number of amides is 1. The lowest BCUT2D eigenvalue weighted by Crippen LogP contribution is -2.41. The predicted molar refractivity (Wildman–Crippen MR) is 81.2 cm³/mol. The summed E-state index contributed by atoms with van der Waals surface area (Å²) in [5.41, 5.74) is 6.35. The first-order valence-electron chi connectivity index (χ1n) is 7.30. The molecular weight excluding hydrogens is 270 g/mol. The average Bonchev–Trinajstić information content (AvgIpc) is 2.50. The van der Waals surface area contributed by atoms with Crippen LogP contribution in [0.15, 0.2) is 24.3 Å². The maximum atomic E-state index is 11.7. The third-order valence-electron chi connectivity index (χ3n) is 3.36. The van der Waals surface area contributed by atoms with E-state index in [2.05, 4.69) is 10.2 Å². The van der Waals surface area contributed by atoms with Gasteiger partial charge < -0.3 is 20.5 Å². The van der Waals surface area contributed by atoms with Gasteiger partial charge in [-0.05, 0) is 12.1 Å². The number of hydrogen-bond acceptors (Lipinski definition) is 5. The number of benzene rings is 1. The second kappa shape index (κ2) is 8.49. The second-order valence-electron chi connectivity index (χ2n) is 4.94. The minimum absolute atomic E-state index is 0.00207. The molecule has 1 heterocycles. The molecule has 1 saturated heterocycles. The summed E-state index contributed by atoms with van der Waals surface area (Å²) >= 11 is 0. The van der Waals surface area contributed by atoms with Crippen LogP contribution in [0.5, 0.6) is 5.75 Å². The van der Waals surface area contributed by atoms with Crippen molar-refractivity contribution in [2.24, 2.45) is 0 Å². The van der Waals surface area contributed by atoms with Crippen molar-refractivity contribution < 1.29 is 14.3 Å². The van der Waals surface area contributed by atoms with Gasteiger partial charge in [0.05, 0.1) is 31.9 Å². The first-order chi connectivity index (χ1) is 10.3. The van der Waals surface area contributed by atoms with Crippen LogP contribution in [0.25, 0.3) is 0 Å². The van der Waals surface area contributed by atoms with Crippen molar-refractivity contribution in [1.29, 1.82) is 0 Å². The van der Waals surface area contributed by atoms with Crippen molar-refractivity contribution in [3.05, 3.63) is 24.3 Å². The van der Waals surface area contributed by atoms with Crippen molar-refractivity contribution in [1.82, 2.24) is 10.2 Å². The van der Waals surface area contributed by atoms with Crippen LogP contribution in [-0.4, -0.2) is 56.8 Å². The van der Waals surface area contributed by atoms with Gasteiger partial charge in [-0.25, -0.2) is 0 Å². The normalized spacial score (nSPS) is 15.6. The maximum Gasteiger partial charge on any atom is 0.223 e. The first-order valence-corrected chi connectivity index (χ1v) is 7.30. The smallest absolute Gasteiger partial charge is 0.223 e. The van der Waals surface area contributed by atoms with E-state index in [1.807, 2.05) is 12.1 Å². The van der Waals surface area contributed by atoms with E-state index in [0.717, 1.165) is 32.8 Å². The number of carbonyl (C=O) groups is 1. The number of anilines is 1. The predicted octanol–water partition coefficient (Wildman–Crippen LogP) is 0.486. The van der Waals surface area contributed by atoms with E-state index in [0.29, 0.717) is 31.0 Å². The molecule has 116 valence electrons. The summed E-state index contributed by atoms with van der Waals surface area (Å²) < 4.78 is 10.8. The highest BCUT2D eigenvalue weighted by atomic mass is 16.5. The van der Waals surface area contributed by atoms with Crippen molar-refractivity contribution in [2.75, 3.05) is 51.7 Å². The molecule has 0 bridgehead atoms. The number of nitrogen functional groups attached to an aromatic ring is 1. The standard InChI is InChI=1S/C15H23N3O3/c16-13-3-1-2-4-14(13)21-10-5-15(19)17-6-7-18-8-11-20-12-9-18/h1-4H,5-12,16H2,(H,17,19). The minimum atomic E-state index is -0.00207. The fourth-order valence-corrected chi connectivity index (χ4v) is 2.13. The van der Waals surface area contributed by atoms with E-state index >= 15 is 0 Å². The van der Waals surface area contributed by atoms with Gasteiger partial charge in [-0.3, -0.25) is 9.69 Å². The Kier molecular flexibility index (Phi) is 6.30. The van der Waals surface area contributed by atoms with Crippen molar-refractivity contribution in [3.63, 3.8) is 0 Å². The molecule has 0 saturated carbocycles. The molecule has 0 aromatic heterocycles. The fraction of sp³-hybridized carbons (Fsp3) is 0.533. The SMILES string of the molecule is Nc1ccccc1OCCC(=O)NCCN1CCOCC1. The molecule has 0 aliphatic carbocycles. The van der Waals surface area contributed by atoms with E-state index in [1.165, 1.54) is 0 Å². The average molecular weight is 293 g/mol. The third-order valence-corrected chi connectivity index (χ3v) is 3.36. The highest BCUT2D eigenvalue weighted by Crippen LogP contribution is 2.19. The van der Waals surface area contributed by atoms with Gasteiger partial charge in [0.25, 0.3) is 0 Å². The number of para-hydroxylation sites is 2. The fourth-order valence-electron chi connectivity index (χ4n) is 2.13. The molecule has 21 heavy (non-hydrogen) atoms. The monoisotopic (exact) mass is 293 g/mol. The Balaban J connectivity index is 1.56. The van der Waals surface area contributed by atoms with E-state index in [-0.39, 0.29) is 5.91 Å². The summed E-state index contributed by atoms with van der Waals surface area (Å²) in [5, 5.41) is 2.90. The second-order valence-corrected chi connectivity index (χ2v) is 4.94. The highest BCUT2D eigenvalue weighted by Gasteiger charge is 2.10. The van der Waals surface area contributed by atoms with Gasteiger partial charge >= 0.3 is 0 Å². The summed E-state index contributed by atoms with van der Waals surface area (Å²) in [6.07, 6.45) is 0.331. The zero-order chi connectivity index (χ0) is 14.9. The molecular formula is C15H23N3O3. The molecule has 1 aliphatic rings. The lowest BCUT2D eigenvalue weighted by Gasteiger charge is -2.26. The molecule has 0 atom stereocenters. The molecule has 6 nitrogen and oxygen atoms in total. The van der Waals surface area contributed by atoms with Gasteiger partial charge in [-0.15, -0.1) is 0 Å². The summed E-state index contributed by atoms with van der Waals surface area (Å²) in [7, 11) is 0. The largest absolute Gasteiger partial charge is 0.491 e. The molecule has 0 unspecified atom stereocenters. The Morgan fingerprint density at radius 1 is 1.33 bits per heavy atom. The van der Waals surface area contributed by atoms with Crippen LogP contribution in [0.2, 0.25) is 0 Å². The minimum Gasteiger partial charge on any atom is -0.491 e. The Morgan fingerprint density at radius 2 is 2.10 bits per heavy atom. The Morgan fingerprint density at radius 3 is 2.86 bits per heavy atom. The summed E-state index contributed by atoms with van der Waals surface area (Å²) in [6.45, 7) is 5.28. The highest BCUT2D eigenvalue weighted by molar-refractivity contribution is 5.76. The molecule has 2 rings (SSSR count). The number of carbonyl (C=O) groups excluding carboxylic acids is 1. The third kappa shape index (κ3) is 5.61. The summed E-state index contributed by atoms with van der Waals surface area (Å²) in [6, 6.07) is 7.28. The van der Waals surface area contributed by atoms with Crippen LogP contribution < -0.4 is 15.8 Å². The molecule has 1 aromatic carbocycles. The van der Waals surface area contributed by atoms with Crippen LogP contribution in [0.4, 0.5) is 5.69 Å². The van der Waals surface area contributed by atoms with Gasteiger partial charge in [0.15, 0.2) is 0 Å². The number of ether oxygens (including phenoxy) is 2. The summed E-state index contributed by atoms with van der Waals surface area (Å²) in [5.74, 6) is 0.622. The van der Waals surface area contributed by atoms with Gasteiger partial charge in [0, 0.05) is 26.2 Å². The van der Waals surface area contributed by atoms with Crippen molar-refractivity contribution in [3.8, 4) is 5.75 Å². The molecule has 3 N–H and O–H groups in total. The molecule has 1 amide bonds. The number of nitrogens with zero attached hydrogens (tertiary/aromatic N) is 1. The van der Waals surface area contributed by atoms with Crippen molar-refractivity contribution >= 4 is 11.6 Å². The Hall–Kier alpha value is -1.79. The number of hydrogen-bond donors (Lipinski definition) is 2. The zero-order valence-corrected chi connectivity index (χ0v) is 12.2. The van der Waals surface area contributed by atoms with E-state index in [4.69, 9.17) is 15.2 Å². The first kappa shape index (κ1) is 15.6. The quantitative estimate of drug-likeness (QED) is 0.715. The van der Waals surface area contributed by atoms with Gasteiger partial charge in [-0.1, -0.05) is 12.1 Å². The maximum absolute atomic E-state index is 11.7. The van der Waals surface area contributed by atoms with Gasteiger partial charge in [-0.2, -0.15) is 0 Å². The topological polar surface area (TPSA) is 76.8 Å². The van der Waals surface area contributed by atoms with Crippen LogP contribution in [0.1, 0.15) is 6.42 Å². The number of rotatable bonds is 7. The number of nitrogens with one attached hydrogen (secondary N) is 1. The van der Waals surface area contributed by atoms with Gasteiger partial charge in [0.1, 0.15) is 5.75 Å². The summed E-state index contributed by atoms with van der Waals surface area (Å²) in [4.78, 5) is 14.0. The zero-order valence-electron chi connectivity index (χ0n) is 12.2. The molecule has 0 radical (unpaired) electrons. The number of morpholine rings is 1. The lowest BCUT2D eigenvalue weighted by atomic mass is 10.3. The van der Waals surface area contributed by atoms with E-state index in [1.54, 1.807) is 12.1 Å². The molecule has 1 fully saturated rings. The number of nitrogens with two attached hydrogens (primary N) is 1. The Bertz CT molecular complexity index is 448. The molecule has 1 aliphatic heterocycles. The van der Waals surface area contributed by atoms with Crippen LogP contribution in [0.3, 0.4) is 0 Å². The molecule has 6 heteroatoms. The lowest BCUT2D eigenvalue weighted by molar-refractivity contribution is -0.121. The van der Waals surface area contributed by atoms with E-state index in [9.17, 15) is 4.79 Å². The van der Waals surface area contributed by atoms with Crippen molar-refractivity contribution in [2.45, 2.75) is 6.42 Å². The van der Waals surface area contributed by atoms with Gasteiger partial charge in [0.2, 0.25) is 5.91 Å². The molecule has 0 spiro atoms. The van der Waals surface area contributed by atoms with E-state index < -0.39 is 0 Å². The van der Waals surface area contributed by atoms with Crippen LogP contribution in [0, 0.1) is 0 Å². The van der Waals surface area contributed by atoms with Crippen LogP contribution >= 0.6 is 0 Å². The Labute approximate surface area is 125 Å². The van der Waals surface area contributed by atoms with Crippen LogP contribution in [-0.2, 0) is 9.53 Å².